The number of hydrogen-bond acceptors (Lipinski definition) is 5. The van der Waals surface area contributed by atoms with Gasteiger partial charge in [0.25, 0.3) is 0 Å². The highest BCUT2D eigenvalue weighted by atomic mass is 32.2. The number of carbonyl (C=O) groups is 1. The first-order chi connectivity index (χ1) is 10.4. The van der Waals surface area contributed by atoms with Crippen LogP contribution in [0.1, 0.15) is 12.8 Å². The minimum atomic E-state index is -3.56. The maximum Gasteiger partial charge on any atom is 0.341 e. The second kappa shape index (κ2) is 5.53. The second-order valence-electron chi connectivity index (χ2n) is 5.51. The van der Waals surface area contributed by atoms with Crippen molar-refractivity contribution in [3.63, 3.8) is 0 Å². The Hall–Kier alpha value is -1.64. The van der Waals surface area contributed by atoms with E-state index in [1.54, 1.807) is 0 Å². The summed E-state index contributed by atoms with van der Waals surface area (Å²) in [4.78, 5) is 10.6. The topological polar surface area (TPSA) is 93.1 Å². The highest BCUT2D eigenvalue weighted by Gasteiger charge is 2.53. The molecule has 2 aliphatic rings. The van der Waals surface area contributed by atoms with E-state index in [0.717, 1.165) is 12.8 Å². The van der Waals surface area contributed by atoms with E-state index in [-0.39, 0.29) is 10.4 Å². The summed E-state index contributed by atoms with van der Waals surface area (Å²) in [6.45, 7) is 1.08. The van der Waals surface area contributed by atoms with E-state index in [0.29, 0.717) is 25.5 Å². The van der Waals surface area contributed by atoms with Crippen LogP contribution in [0.25, 0.3) is 0 Å². The maximum absolute atomic E-state index is 12.7. The fourth-order valence-electron chi connectivity index (χ4n) is 2.86. The van der Waals surface area contributed by atoms with Crippen LogP contribution < -0.4 is 4.74 Å². The summed E-state index contributed by atoms with van der Waals surface area (Å²) < 4.78 is 37.2. The quantitative estimate of drug-likeness (QED) is 0.856. The van der Waals surface area contributed by atoms with Crippen LogP contribution in [0.3, 0.4) is 0 Å². The lowest BCUT2D eigenvalue weighted by molar-refractivity contribution is -0.139. The molecule has 22 heavy (non-hydrogen) atoms. The number of sulfonamides is 1. The molecule has 1 spiro atoms. The Labute approximate surface area is 128 Å². The molecule has 0 bridgehead atoms. The molecule has 3 rings (SSSR count). The van der Waals surface area contributed by atoms with Crippen LogP contribution in [0, 0.1) is 0 Å². The lowest BCUT2D eigenvalue weighted by Crippen LogP contribution is -2.62. The van der Waals surface area contributed by atoms with Gasteiger partial charge >= 0.3 is 5.97 Å². The van der Waals surface area contributed by atoms with Crippen molar-refractivity contribution in [3.05, 3.63) is 24.3 Å². The molecule has 0 aliphatic carbocycles. The standard InChI is InChI=1S/C14H17NO6S/c16-13(17)9-21-11-1-3-12(4-2-11)22(18,19)15-7-5-14(15)6-8-20-10-14/h1-4H,5-10H2,(H,16,17). The van der Waals surface area contributed by atoms with Crippen molar-refractivity contribution in [1.82, 2.24) is 4.31 Å². The van der Waals surface area contributed by atoms with E-state index < -0.39 is 22.6 Å². The highest BCUT2D eigenvalue weighted by molar-refractivity contribution is 7.89. The van der Waals surface area contributed by atoms with Gasteiger partial charge < -0.3 is 14.6 Å². The normalized spacial score (nSPS) is 25.1. The minimum absolute atomic E-state index is 0.182. The second-order valence-corrected chi connectivity index (χ2v) is 7.37. The van der Waals surface area contributed by atoms with Gasteiger partial charge in [0.05, 0.1) is 17.0 Å². The largest absolute Gasteiger partial charge is 0.482 e. The SMILES string of the molecule is O=C(O)COc1ccc(S(=O)(=O)N2CCC23CCOC3)cc1. The van der Waals surface area contributed by atoms with Gasteiger partial charge in [0.15, 0.2) is 6.61 Å². The molecule has 2 heterocycles. The van der Waals surface area contributed by atoms with Crippen molar-refractivity contribution in [2.24, 2.45) is 0 Å². The van der Waals surface area contributed by atoms with E-state index in [9.17, 15) is 13.2 Å². The summed E-state index contributed by atoms with van der Waals surface area (Å²) in [5.74, 6) is -0.760. The molecule has 7 nitrogen and oxygen atoms in total. The molecular weight excluding hydrogens is 310 g/mol. The average molecular weight is 327 g/mol. The highest BCUT2D eigenvalue weighted by Crippen LogP contribution is 2.41. The van der Waals surface area contributed by atoms with Crippen molar-refractivity contribution in [2.45, 2.75) is 23.3 Å². The molecule has 120 valence electrons. The first kappa shape index (κ1) is 15.3. The van der Waals surface area contributed by atoms with Gasteiger partial charge in [-0.1, -0.05) is 0 Å². The molecule has 2 saturated heterocycles. The fraction of sp³-hybridized carbons (Fsp3) is 0.500. The van der Waals surface area contributed by atoms with Crippen molar-refractivity contribution in [3.8, 4) is 5.75 Å². The van der Waals surface area contributed by atoms with E-state index in [2.05, 4.69) is 0 Å². The van der Waals surface area contributed by atoms with Crippen LogP contribution in [0.2, 0.25) is 0 Å². The summed E-state index contributed by atoms with van der Waals surface area (Å²) in [7, 11) is -3.56. The summed E-state index contributed by atoms with van der Waals surface area (Å²) >= 11 is 0. The smallest absolute Gasteiger partial charge is 0.341 e. The van der Waals surface area contributed by atoms with Gasteiger partial charge in [0, 0.05) is 13.2 Å². The van der Waals surface area contributed by atoms with Crippen LogP contribution in [0.15, 0.2) is 29.2 Å². The van der Waals surface area contributed by atoms with E-state index in [4.69, 9.17) is 14.6 Å². The minimum Gasteiger partial charge on any atom is -0.482 e. The number of aliphatic carboxylic acids is 1. The van der Waals surface area contributed by atoms with Crippen LogP contribution in [-0.4, -0.2) is 55.7 Å². The van der Waals surface area contributed by atoms with Crippen molar-refractivity contribution in [2.75, 3.05) is 26.4 Å². The van der Waals surface area contributed by atoms with Gasteiger partial charge in [-0.3, -0.25) is 0 Å². The predicted octanol–water partition coefficient (Wildman–Crippen LogP) is 0.704. The number of carboxylic acid groups (broad SMARTS) is 1. The molecule has 1 N–H and O–H groups in total. The van der Waals surface area contributed by atoms with E-state index in [1.807, 2.05) is 0 Å². The zero-order valence-electron chi connectivity index (χ0n) is 11.9. The van der Waals surface area contributed by atoms with Gasteiger partial charge in [-0.25, -0.2) is 13.2 Å². The van der Waals surface area contributed by atoms with E-state index in [1.165, 1.54) is 28.6 Å². The average Bonchev–Trinajstić information content (AvgIpc) is 2.96. The van der Waals surface area contributed by atoms with Crippen molar-refractivity contribution in [1.29, 1.82) is 0 Å². The molecule has 0 aromatic heterocycles. The summed E-state index contributed by atoms with van der Waals surface area (Å²) in [5, 5.41) is 8.55. The Morgan fingerprint density at radius 1 is 1.32 bits per heavy atom. The molecule has 0 radical (unpaired) electrons. The Morgan fingerprint density at radius 2 is 2.05 bits per heavy atom. The third-order valence-corrected chi connectivity index (χ3v) is 6.18. The lowest BCUT2D eigenvalue weighted by atomic mass is 9.87. The zero-order valence-corrected chi connectivity index (χ0v) is 12.7. The Balaban J connectivity index is 1.76. The zero-order chi connectivity index (χ0) is 15.8. The molecule has 1 aromatic rings. The van der Waals surface area contributed by atoms with Crippen molar-refractivity contribution < 1.29 is 27.8 Å². The van der Waals surface area contributed by atoms with Gasteiger partial charge in [-0.2, -0.15) is 4.31 Å². The number of rotatable bonds is 5. The maximum atomic E-state index is 12.7. The van der Waals surface area contributed by atoms with Crippen LogP contribution in [0.5, 0.6) is 5.75 Å². The summed E-state index contributed by atoms with van der Waals surface area (Å²) in [5.41, 5.74) is -0.378. The molecule has 2 aliphatic heterocycles. The van der Waals surface area contributed by atoms with Crippen LogP contribution in [-0.2, 0) is 19.6 Å². The molecule has 0 amide bonds. The molecule has 1 atom stereocenters. The molecule has 1 aromatic carbocycles. The molecule has 8 heteroatoms. The third kappa shape index (κ3) is 2.57. The fourth-order valence-corrected chi connectivity index (χ4v) is 4.68. The number of carboxylic acids is 1. The van der Waals surface area contributed by atoms with Crippen LogP contribution >= 0.6 is 0 Å². The molecule has 1 unspecified atom stereocenters. The first-order valence-electron chi connectivity index (χ1n) is 6.99. The van der Waals surface area contributed by atoms with Crippen LogP contribution in [0.4, 0.5) is 0 Å². The lowest BCUT2D eigenvalue weighted by Gasteiger charge is -2.48. The third-order valence-electron chi connectivity index (χ3n) is 4.17. The Kier molecular flexibility index (Phi) is 3.84. The Bertz CT molecular complexity index is 663. The van der Waals surface area contributed by atoms with E-state index >= 15 is 0 Å². The first-order valence-corrected chi connectivity index (χ1v) is 8.43. The molecular formula is C14H17NO6S. The van der Waals surface area contributed by atoms with Gasteiger partial charge in [0.1, 0.15) is 5.75 Å². The number of nitrogens with zero attached hydrogens (tertiary/aromatic N) is 1. The number of hydrogen-bond donors (Lipinski definition) is 1. The predicted molar refractivity (Wildman–Crippen MR) is 76.2 cm³/mol. The van der Waals surface area contributed by atoms with Gasteiger partial charge in [-0.15, -0.1) is 0 Å². The van der Waals surface area contributed by atoms with Gasteiger partial charge in [0.2, 0.25) is 10.0 Å². The van der Waals surface area contributed by atoms with Crippen molar-refractivity contribution >= 4 is 16.0 Å². The monoisotopic (exact) mass is 327 g/mol. The number of benzene rings is 1. The summed E-state index contributed by atoms with van der Waals surface area (Å²) in [6.07, 6.45) is 1.55. The molecule has 2 fully saturated rings. The molecule has 0 saturated carbocycles. The number of ether oxygens (including phenoxy) is 2. The van der Waals surface area contributed by atoms with Gasteiger partial charge in [-0.05, 0) is 37.1 Å². The summed E-state index contributed by atoms with van der Waals surface area (Å²) in [6, 6.07) is 5.81. The Morgan fingerprint density at radius 3 is 2.55 bits per heavy atom.